The lowest BCUT2D eigenvalue weighted by Crippen LogP contribution is -2.01. The molecule has 0 fully saturated rings. The fourth-order valence-corrected chi connectivity index (χ4v) is 1.96. The van der Waals surface area contributed by atoms with E-state index in [1.165, 1.54) is 0 Å². The number of aryl methyl sites for hydroxylation is 1. The molecule has 13 heavy (non-hydrogen) atoms. The van der Waals surface area contributed by atoms with Gasteiger partial charge in [0.2, 0.25) is 0 Å². The van der Waals surface area contributed by atoms with Gasteiger partial charge in [-0.05, 0) is 18.6 Å². The zero-order valence-electron chi connectivity index (χ0n) is 7.71. The van der Waals surface area contributed by atoms with E-state index in [0.717, 1.165) is 15.6 Å². The van der Waals surface area contributed by atoms with Gasteiger partial charge in [0.1, 0.15) is 5.75 Å². The van der Waals surface area contributed by atoms with E-state index < -0.39 is 0 Å². The number of phenolic OH excluding ortho intramolecular Hbond substituents is 1. The van der Waals surface area contributed by atoms with Gasteiger partial charge in [-0.3, -0.25) is 0 Å². The van der Waals surface area contributed by atoms with E-state index in [9.17, 15) is 5.11 Å². The molecule has 3 heteroatoms. The van der Waals surface area contributed by atoms with Gasteiger partial charge in [0.05, 0.1) is 0 Å². The number of benzene rings is 1. The lowest BCUT2D eigenvalue weighted by atomic mass is 9.99. The summed E-state index contributed by atoms with van der Waals surface area (Å²) in [6.45, 7) is 3.75. The van der Waals surface area contributed by atoms with Crippen molar-refractivity contribution >= 4 is 15.9 Å². The number of aliphatic hydroxyl groups excluding tert-OH is 1. The molecule has 1 rings (SSSR count). The van der Waals surface area contributed by atoms with Crippen LogP contribution in [0.15, 0.2) is 16.6 Å². The Morgan fingerprint density at radius 2 is 2.08 bits per heavy atom. The number of aromatic hydroxyl groups is 1. The smallest absolute Gasteiger partial charge is 0.123 e. The van der Waals surface area contributed by atoms with Crippen LogP contribution in [-0.2, 0) is 0 Å². The van der Waals surface area contributed by atoms with Gasteiger partial charge in [0.25, 0.3) is 0 Å². The van der Waals surface area contributed by atoms with Crippen molar-refractivity contribution in [2.75, 3.05) is 6.61 Å². The molecule has 0 radical (unpaired) electrons. The van der Waals surface area contributed by atoms with E-state index in [1.807, 2.05) is 26.0 Å². The molecule has 0 bridgehead atoms. The first-order chi connectivity index (χ1) is 6.07. The molecule has 1 aromatic rings. The lowest BCUT2D eigenvalue weighted by Gasteiger charge is -2.14. The molecule has 1 aromatic carbocycles. The molecule has 0 saturated heterocycles. The molecule has 0 aliphatic rings. The first-order valence-electron chi connectivity index (χ1n) is 4.16. The van der Waals surface area contributed by atoms with Gasteiger partial charge in [-0.25, -0.2) is 0 Å². The minimum Gasteiger partial charge on any atom is -0.507 e. The SMILES string of the molecule is Cc1ccc(Br)c(C(C)CO)c1O. The van der Waals surface area contributed by atoms with Crippen molar-refractivity contribution in [2.45, 2.75) is 19.8 Å². The van der Waals surface area contributed by atoms with E-state index >= 15 is 0 Å². The second-order valence-corrected chi connectivity index (χ2v) is 4.06. The van der Waals surface area contributed by atoms with Gasteiger partial charge in [0, 0.05) is 22.6 Å². The van der Waals surface area contributed by atoms with Crippen LogP contribution in [0.3, 0.4) is 0 Å². The molecule has 0 aliphatic heterocycles. The largest absolute Gasteiger partial charge is 0.507 e. The quantitative estimate of drug-likeness (QED) is 0.840. The molecule has 0 aliphatic carbocycles. The molecule has 1 unspecified atom stereocenters. The molecule has 72 valence electrons. The van der Waals surface area contributed by atoms with E-state index in [4.69, 9.17) is 5.11 Å². The number of rotatable bonds is 2. The molecule has 0 spiro atoms. The van der Waals surface area contributed by atoms with Crippen molar-refractivity contribution in [3.8, 4) is 5.75 Å². The summed E-state index contributed by atoms with van der Waals surface area (Å²) in [6.07, 6.45) is 0. The first kappa shape index (κ1) is 10.5. The third-order valence-corrected chi connectivity index (χ3v) is 2.82. The summed E-state index contributed by atoms with van der Waals surface area (Å²) in [5, 5.41) is 18.7. The maximum atomic E-state index is 9.74. The van der Waals surface area contributed by atoms with Gasteiger partial charge in [-0.2, -0.15) is 0 Å². The highest BCUT2D eigenvalue weighted by atomic mass is 79.9. The van der Waals surface area contributed by atoms with Crippen LogP contribution < -0.4 is 0 Å². The maximum Gasteiger partial charge on any atom is 0.123 e. The maximum absolute atomic E-state index is 9.74. The third-order valence-electron chi connectivity index (χ3n) is 2.13. The molecule has 1 atom stereocenters. The second-order valence-electron chi connectivity index (χ2n) is 3.21. The van der Waals surface area contributed by atoms with Gasteiger partial charge >= 0.3 is 0 Å². The summed E-state index contributed by atoms with van der Waals surface area (Å²) in [5.41, 5.74) is 1.61. The summed E-state index contributed by atoms with van der Waals surface area (Å²) in [7, 11) is 0. The summed E-state index contributed by atoms with van der Waals surface area (Å²) >= 11 is 3.35. The van der Waals surface area contributed by atoms with Crippen molar-refractivity contribution in [1.82, 2.24) is 0 Å². The molecule has 0 amide bonds. The van der Waals surface area contributed by atoms with Crippen molar-refractivity contribution in [1.29, 1.82) is 0 Å². The molecule has 2 nitrogen and oxygen atoms in total. The lowest BCUT2D eigenvalue weighted by molar-refractivity contribution is 0.270. The molecule has 0 aromatic heterocycles. The van der Waals surface area contributed by atoms with Crippen LogP contribution in [-0.4, -0.2) is 16.8 Å². The van der Waals surface area contributed by atoms with Crippen molar-refractivity contribution in [2.24, 2.45) is 0 Å². The van der Waals surface area contributed by atoms with Crippen LogP contribution in [0.1, 0.15) is 24.0 Å². The van der Waals surface area contributed by atoms with Crippen LogP contribution in [0.25, 0.3) is 0 Å². The van der Waals surface area contributed by atoms with E-state index in [2.05, 4.69) is 15.9 Å². The highest BCUT2D eigenvalue weighted by Gasteiger charge is 2.14. The van der Waals surface area contributed by atoms with Crippen molar-refractivity contribution in [3.05, 3.63) is 27.7 Å². The molecular formula is C10H13BrO2. The number of hydrogen-bond donors (Lipinski definition) is 2. The normalized spacial score (nSPS) is 12.9. The highest BCUT2D eigenvalue weighted by molar-refractivity contribution is 9.10. The Labute approximate surface area is 86.3 Å². The van der Waals surface area contributed by atoms with Gasteiger partial charge in [0.15, 0.2) is 0 Å². The summed E-state index contributed by atoms with van der Waals surface area (Å²) in [4.78, 5) is 0. The van der Waals surface area contributed by atoms with Crippen LogP contribution >= 0.6 is 15.9 Å². The predicted molar refractivity (Wildman–Crippen MR) is 56.0 cm³/mol. The average Bonchev–Trinajstić information content (AvgIpc) is 2.12. The van der Waals surface area contributed by atoms with E-state index in [0.29, 0.717) is 0 Å². The van der Waals surface area contributed by atoms with E-state index in [1.54, 1.807) is 0 Å². The van der Waals surface area contributed by atoms with Crippen molar-refractivity contribution in [3.63, 3.8) is 0 Å². The number of hydrogen-bond acceptors (Lipinski definition) is 2. The van der Waals surface area contributed by atoms with Gasteiger partial charge in [-0.1, -0.05) is 28.9 Å². The monoisotopic (exact) mass is 244 g/mol. The Morgan fingerprint density at radius 1 is 1.46 bits per heavy atom. The first-order valence-corrected chi connectivity index (χ1v) is 4.96. The zero-order chi connectivity index (χ0) is 10.0. The molecular weight excluding hydrogens is 232 g/mol. The van der Waals surface area contributed by atoms with Gasteiger partial charge < -0.3 is 10.2 Å². The molecule has 0 saturated carbocycles. The highest BCUT2D eigenvalue weighted by Crippen LogP contribution is 2.34. The number of halogens is 1. The number of aliphatic hydroxyl groups is 1. The Bertz CT molecular complexity index is 310. The van der Waals surface area contributed by atoms with Crippen molar-refractivity contribution < 1.29 is 10.2 Å². The fraction of sp³-hybridized carbons (Fsp3) is 0.400. The fourth-order valence-electron chi connectivity index (χ4n) is 1.25. The summed E-state index contributed by atoms with van der Waals surface area (Å²) in [6, 6.07) is 3.73. The summed E-state index contributed by atoms with van der Waals surface area (Å²) < 4.78 is 0.845. The Hall–Kier alpha value is -0.540. The van der Waals surface area contributed by atoms with Crippen LogP contribution in [0.2, 0.25) is 0 Å². The standard InChI is InChI=1S/C10H13BrO2/c1-6-3-4-8(11)9(10(6)13)7(2)5-12/h3-4,7,12-13H,5H2,1-2H3. The average molecular weight is 245 g/mol. The Kier molecular flexibility index (Phi) is 3.33. The topological polar surface area (TPSA) is 40.5 Å². The number of phenols is 1. The predicted octanol–water partition coefficient (Wildman–Crippen LogP) is 2.56. The summed E-state index contributed by atoms with van der Waals surface area (Å²) in [5.74, 6) is 0.227. The Morgan fingerprint density at radius 3 is 2.62 bits per heavy atom. The minimum absolute atomic E-state index is 0.0373. The van der Waals surface area contributed by atoms with Gasteiger partial charge in [-0.15, -0.1) is 0 Å². The minimum atomic E-state index is -0.0470. The zero-order valence-corrected chi connectivity index (χ0v) is 9.30. The molecule has 2 N–H and O–H groups in total. The van der Waals surface area contributed by atoms with Crippen LogP contribution in [0.4, 0.5) is 0 Å². The second kappa shape index (κ2) is 4.11. The van der Waals surface area contributed by atoms with E-state index in [-0.39, 0.29) is 18.3 Å². The Balaban J connectivity index is 3.25. The molecule has 0 heterocycles. The van der Waals surface area contributed by atoms with Crippen LogP contribution in [0.5, 0.6) is 5.75 Å². The third kappa shape index (κ3) is 2.03. The van der Waals surface area contributed by atoms with Crippen LogP contribution in [0, 0.1) is 6.92 Å².